The van der Waals surface area contributed by atoms with Crippen molar-refractivity contribution in [3.05, 3.63) is 125 Å². The minimum Gasteiger partial charge on any atom is -0.480 e. The molecule has 0 heterocycles. The first-order valence-corrected chi connectivity index (χ1v) is 13.7. The summed E-state index contributed by atoms with van der Waals surface area (Å²) in [6.07, 6.45) is -5.24. The van der Waals surface area contributed by atoms with Gasteiger partial charge in [0.25, 0.3) is 5.91 Å². The molecule has 0 aliphatic rings. The van der Waals surface area contributed by atoms with Crippen molar-refractivity contribution in [2.24, 2.45) is 0 Å². The molecule has 0 saturated carbocycles. The molecule has 4 aromatic rings. The maximum Gasteiger partial charge on any atom is 0.416 e. The van der Waals surface area contributed by atoms with Crippen LogP contribution in [0.25, 0.3) is 11.1 Å². The van der Waals surface area contributed by atoms with Gasteiger partial charge < -0.3 is 20.3 Å². The summed E-state index contributed by atoms with van der Waals surface area (Å²) in [5.74, 6) is -4.43. The van der Waals surface area contributed by atoms with Crippen molar-refractivity contribution >= 4 is 29.5 Å². The molecule has 45 heavy (non-hydrogen) atoms. The summed E-state index contributed by atoms with van der Waals surface area (Å²) in [6, 6.07) is 23.2. The van der Waals surface area contributed by atoms with E-state index in [1.54, 1.807) is 55.5 Å². The number of nitrogens with one attached hydrogen (secondary N) is 1. The van der Waals surface area contributed by atoms with Crippen molar-refractivity contribution in [1.29, 1.82) is 0 Å². The molecule has 0 fully saturated rings. The standard InChI is InChI=1S/C34H28F3NO7/c1-21-11-12-22(20-29(39)45-18-17-33(31(41)42,32(43)44)24-7-3-2-4-8-24)19-28(21)38-30(40)27-10-6-5-9-26(27)23-13-15-25(16-14-23)34(35,36)37/h2-16,19H,17-18,20H2,1H3,(H,38,40)(H,41,42)(H,43,44). The van der Waals surface area contributed by atoms with Crippen LogP contribution in [0, 0.1) is 6.92 Å². The summed E-state index contributed by atoms with van der Waals surface area (Å²) in [5.41, 5.74) is -0.490. The van der Waals surface area contributed by atoms with Crippen LogP contribution in [0.4, 0.5) is 18.9 Å². The number of aryl methyl sites for hydroxylation is 1. The number of hydrogen-bond acceptors (Lipinski definition) is 5. The maximum absolute atomic E-state index is 13.3. The molecule has 232 valence electrons. The Labute approximate surface area is 256 Å². The Hall–Kier alpha value is -5.45. The minimum atomic E-state index is -4.49. The van der Waals surface area contributed by atoms with E-state index in [0.29, 0.717) is 27.9 Å². The van der Waals surface area contributed by atoms with Crippen molar-refractivity contribution in [1.82, 2.24) is 0 Å². The van der Waals surface area contributed by atoms with Gasteiger partial charge >= 0.3 is 24.1 Å². The van der Waals surface area contributed by atoms with Crippen LogP contribution in [0.5, 0.6) is 0 Å². The number of alkyl halides is 3. The van der Waals surface area contributed by atoms with Crippen LogP contribution in [0.1, 0.15) is 39.0 Å². The second-order valence-corrected chi connectivity index (χ2v) is 10.3. The van der Waals surface area contributed by atoms with Gasteiger partial charge in [-0.1, -0.05) is 72.8 Å². The largest absolute Gasteiger partial charge is 0.480 e. The fraction of sp³-hybridized carbons (Fsp3) is 0.176. The molecule has 0 saturated heterocycles. The molecular weight excluding hydrogens is 591 g/mol. The molecule has 11 heteroatoms. The number of carbonyl (C=O) groups is 4. The van der Waals surface area contributed by atoms with Crippen molar-refractivity contribution < 1.29 is 47.3 Å². The highest BCUT2D eigenvalue weighted by molar-refractivity contribution is 6.09. The number of anilines is 1. The predicted molar refractivity (Wildman–Crippen MR) is 159 cm³/mol. The van der Waals surface area contributed by atoms with Crippen LogP contribution in [-0.4, -0.2) is 40.6 Å². The molecule has 0 spiro atoms. The molecule has 0 unspecified atom stereocenters. The van der Waals surface area contributed by atoms with E-state index in [1.807, 2.05) is 0 Å². The second kappa shape index (κ2) is 13.5. The summed E-state index contributed by atoms with van der Waals surface area (Å²) in [5, 5.41) is 22.4. The van der Waals surface area contributed by atoms with E-state index in [-0.39, 0.29) is 17.5 Å². The van der Waals surface area contributed by atoms with Crippen LogP contribution in [0.15, 0.2) is 97.1 Å². The zero-order valence-corrected chi connectivity index (χ0v) is 23.9. The summed E-state index contributed by atoms with van der Waals surface area (Å²) in [4.78, 5) is 50.0. The van der Waals surface area contributed by atoms with Crippen LogP contribution in [0.3, 0.4) is 0 Å². The molecule has 3 N–H and O–H groups in total. The van der Waals surface area contributed by atoms with E-state index in [9.17, 15) is 42.6 Å². The number of aliphatic carboxylic acids is 2. The first kappa shape index (κ1) is 32.5. The number of esters is 1. The first-order valence-electron chi connectivity index (χ1n) is 13.7. The lowest BCUT2D eigenvalue weighted by molar-refractivity contribution is -0.160. The molecule has 1 amide bonds. The van der Waals surface area contributed by atoms with E-state index < -0.39 is 54.0 Å². The molecule has 0 atom stereocenters. The molecule has 0 aromatic heterocycles. The average Bonchev–Trinajstić information content (AvgIpc) is 3.00. The lowest BCUT2D eigenvalue weighted by Gasteiger charge is -2.25. The third kappa shape index (κ3) is 7.38. The van der Waals surface area contributed by atoms with E-state index in [0.717, 1.165) is 12.1 Å². The highest BCUT2D eigenvalue weighted by atomic mass is 19.4. The number of rotatable bonds is 11. The van der Waals surface area contributed by atoms with E-state index in [1.165, 1.54) is 36.4 Å². The van der Waals surface area contributed by atoms with E-state index in [2.05, 4.69) is 5.32 Å². The summed E-state index contributed by atoms with van der Waals surface area (Å²) >= 11 is 0. The van der Waals surface area contributed by atoms with Crippen molar-refractivity contribution in [3.63, 3.8) is 0 Å². The topological polar surface area (TPSA) is 130 Å². The Kier molecular flexibility index (Phi) is 9.71. The average molecular weight is 620 g/mol. The normalized spacial score (nSPS) is 11.5. The Bertz CT molecular complexity index is 1700. The fourth-order valence-corrected chi connectivity index (χ4v) is 4.83. The molecular formula is C34H28F3NO7. The molecule has 8 nitrogen and oxygen atoms in total. The Balaban J connectivity index is 1.45. The van der Waals surface area contributed by atoms with Gasteiger partial charge in [0.2, 0.25) is 0 Å². The Morgan fingerprint density at radius 2 is 1.40 bits per heavy atom. The number of hydrogen-bond donors (Lipinski definition) is 3. The molecule has 0 aliphatic carbocycles. The van der Waals surface area contributed by atoms with E-state index >= 15 is 0 Å². The highest BCUT2D eigenvalue weighted by Crippen LogP contribution is 2.33. The predicted octanol–water partition coefficient (Wildman–Crippen LogP) is 6.52. The van der Waals surface area contributed by atoms with Gasteiger partial charge in [-0.2, -0.15) is 13.2 Å². The molecule has 4 rings (SSSR count). The van der Waals surface area contributed by atoms with Crippen LogP contribution >= 0.6 is 0 Å². The Morgan fingerprint density at radius 1 is 0.778 bits per heavy atom. The number of carboxylic acid groups (broad SMARTS) is 2. The van der Waals surface area contributed by atoms with Crippen LogP contribution in [0.2, 0.25) is 0 Å². The van der Waals surface area contributed by atoms with Crippen molar-refractivity contribution in [3.8, 4) is 11.1 Å². The zero-order valence-electron chi connectivity index (χ0n) is 23.9. The molecule has 0 aliphatic heterocycles. The van der Waals surface area contributed by atoms with Crippen LogP contribution in [-0.2, 0) is 37.1 Å². The summed E-state index contributed by atoms with van der Waals surface area (Å²) in [6.45, 7) is 1.27. The maximum atomic E-state index is 13.3. The molecule has 0 bridgehead atoms. The highest BCUT2D eigenvalue weighted by Gasteiger charge is 2.48. The third-order valence-electron chi connectivity index (χ3n) is 7.33. The van der Waals surface area contributed by atoms with Gasteiger partial charge in [0.05, 0.1) is 18.6 Å². The van der Waals surface area contributed by atoms with Crippen LogP contribution < -0.4 is 5.32 Å². The van der Waals surface area contributed by atoms with Gasteiger partial charge in [0.1, 0.15) is 0 Å². The van der Waals surface area contributed by atoms with Gasteiger partial charge in [-0.25, -0.2) is 0 Å². The monoisotopic (exact) mass is 619 g/mol. The SMILES string of the molecule is Cc1ccc(CC(=O)OCCC(C(=O)O)(C(=O)O)c2ccccc2)cc1NC(=O)c1ccccc1-c1ccc(C(F)(F)F)cc1. The van der Waals surface area contributed by atoms with Crippen molar-refractivity contribution in [2.45, 2.75) is 31.4 Å². The minimum absolute atomic E-state index is 0.0415. The summed E-state index contributed by atoms with van der Waals surface area (Å²) in [7, 11) is 0. The van der Waals surface area contributed by atoms with Gasteiger partial charge in [-0.05, 0) is 59.0 Å². The van der Waals surface area contributed by atoms with Crippen molar-refractivity contribution in [2.75, 3.05) is 11.9 Å². The fourth-order valence-electron chi connectivity index (χ4n) is 4.83. The van der Waals surface area contributed by atoms with Gasteiger partial charge in [0, 0.05) is 17.7 Å². The quantitative estimate of drug-likeness (QED) is 0.129. The molecule has 4 aromatic carbocycles. The number of carboxylic acids is 2. The van der Waals surface area contributed by atoms with Gasteiger partial charge in [-0.15, -0.1) is 0 Å². The number of ether oxygens (including phenoxy) is 1. The summed E-state index contributed by atoms with van der Waals surface area (Å²) < 4.78 is 44.3. The molecule has 0 radical (unpaired) electrons. The number of benzene rings is 4. The smallest absolute Gasteiger partial charge is 0.416 e. The van der Waals surface area contributed by atoms with Gasteiger partial charge in [-0.3, -0.25) is 19.2 Å². The third-order valence-corrected chi connectivity index (χ3v) is 7.33. The first-order chi connectivity index (χ1) is 21.3. The lowest BCUT2D eigenvalue weighted by Crippen LogP contribution is -2.45. The van der Waals surface area contributed by atoms with Gasteiger partial charge in [0.15, 0.2) is 5.41 Å². The number of amides is 1. The number of carbonyl (C=O) groups excluding carboxylic acids is 2. The Morgan fingerprint density at radius 3 is 2.02 bits per heavy atom. The number of halogens is 3. The second-order valence-electron chi connectivity index (χ2n) is 10.3. The zero-order chi connectivity index (χ0) is 32.8. The van der Waals surface area contributed by atoms with E-state index in [4.69, 9.17) is 4.74 Å². The lowest BCUT2D eigenvalue weighted by atomic mass is 9.78.